The SMILES string of the molecule is C[C@@H](Nc1ccc2nnc(C(F)(F)F)n2n1)c1ccc(-n2cncn2)cc1. The van der Waals surface area contributed by atoms with Crippen molar-refractivity contribution in [1.82, 2.24) is 34.6 Å². The Balaban J connectivity index is 1.56. The minimum absolute atomic E-state index is 0.0257. The largest absolute Gasteiger partial charge is 0.453 e. The van der Waals surface area contributed by atoms with E-state index in [2.05, 4.69) is 30.7 Å². The Hall–Kier alpha value is -3.50. The number of benzene rings is 1. The molecule has 27 heavy (non-hydrogen) atoms. The fraction of sp³-hybridized carbons (Fsp3) is 0.188. The third kappa shape index (κ3) is 3.30. The molecule has 3 heterocycles. The first-order valence-electron chi connectivity index (χ1n) is 7.93. The lowest BCUT2D eigenvalue weighted by Crippen LogP contribution is -2.14. The van der Waals surface area contributed by atoms with Crippen LogP contribution in [0.4, 0.5) is 19.0 Å². The highest BCUT2D eigenvalue weighted by molar-refractivity contribution is 5.46. The summed E-state index contributed by atoms with van der Waals surface area (Å²) in [5.74, 6) is -0.883. The van der Waals surface area contributed by atoms with Crippen LogP contribution < -0.4 is 5.32 Å². The van der Waals surface area contributed by atoms with Crippen molar-refractivity contribution in [1.29, 1.82) is 0 Å². The molecule has 0 unspecified atom stereocenters. The van der Waals surface area contributed by atoms with Gasteiger partial charge in [0.1, 0.15) is 18.5 Å². The topological polar surface area (TPSA) is 85.8 Å². The molecule has 1 aromatic carbocycles. The van der Waals surface area contributed by atoms with Gasteiger partial charge in [-0.15, -0.1) is 15.3 Å². The Morgan fingerprint density at radius 1 is 1.04 bits per heavy atom. The number of aromatic nitrogens is 7. The molecule has 0 aliphatic carbocycles. The zero-order chi connectivity index (χ0) is 19.0. The van der Waals surface area contributed by atoms with Crippen molar-refractivity contribution in [3.8, 4) is 5.69 Å². The van der Waals surface area contributed by atoms with Crippen LogP contribution in [0.1, 0.15) is 24.4 Å². The summed E-state index contributed by atoms with van der Waals surface area (Å²) < 4.78 is 41.2. The van der Waals surface area contributed by atoms with Gasteiger partial charge in [0.2, 0.25) is 0 Å². The standard InChI is InChI=1S/C16H13F3N8/c1-10(11-2-4-12(5-3-11)26-9-20-8-21-26)22-13-6-7-14-23-24-15(16(17,18)19)27(14)25-13/h2-10H,1H3,(H,22,25)/t10-/m1/s1. The first kappa shape index (κ1) is 16.9. The Labute approximate surface area is 150 Å². The van der Waals surface area contributed by atoms with Crippen LogP contribution in [-0.2, 0) is 6.18 Å². The summed E-state index contributed by atoms with van der Waals surface area (Å²) in [5, 5.41) is 17.8. The van der Waals surface area contributed by atoms with Crippen molar-refractivity contribution in [3.05, 3.63) is 60.4 Å². The lowest BCUT2D eigenvalue weighted by atomic mass is 10.1. The Morgan fingerprint density at radius 3 is 2.48 bits per heavy atom. The number of anilines is 1. The summed E-state index contributed by atoms with van der Waals surface area (Å²) >= 11 is 0. The van der Waals surface area contributed by atoms with Crippen molar-refractivity contribution in [2.45, 2.75) is 19.1 Å². The van der Waals surface area contributed by atoms with Crippen LogP contribution in [0.15, 0.2) is 49.1 Å². The third-order valence-corrected chi connectivity index (χ3v) is 3.96. The molecule has 138 valence electrons. The highest BCUT2D eigenvalue weighted by Crippen LogP contribution is 2.28. The lowest BCUT2D eigenvalue weighted by Gasteiger charge is -2.15. The number of nitrogens with zero attached hydrogens (tertiary/aromatic N) is 7. The average Bonchev–Trinajstić information content (AvgIpc) is 3.31. The van der Waals surface area contributed by atoms with Gasteiger partial charge in [-0.05, 0) is 36.8 Å². The summed E-state index contributed by atoms with van der Waals surface area (Å²) in [5.41, 5.74) is 1.81. The zero-order valence-corrected chi connectivity index (χ0v) is 14.0. The number of hydrogen-bond acceptors (Lipinski definition) is 6. The normalized spacial score (nSPS) is 13.0. The Bertz CT molecular complexity index is 1050. The van der Waals surface area contributed by atoms with E-state index in [1.165, 1.54) is 12.4 Å². The molecule has 3 aromatic heterocycles. The van der Waals surface area contributed by atoms with E-state index in [1.807, 2.05) is 31.2 Å². The molecule has 0 amide bonds. The average molecular weight is 374 g/mol. The van der Waals surface area contributed by atoms with Crippen LogP contribution in [0.5, 0.6) is 0 Å². The molecular weight excluding hydrogens is 361 g/mol. The van der Waals surface area contributed by atoms with Gasteiger partial charge < -0.3 is 5.32 Å². The van der Waals surface area contributed by atoms with Gasteiger partial charge in [0.25, 0.3) is 5.82 Å². The monoisotopic (exact) mass is 374 g/mol. The van der Waals surface area contributed by atoms with Crippen LogP contribution in [0, 0.1) is 0 Å². The van der Waals surface area contributed by atoms with Gasteiger partial charge in [0.15, 0.2) is 5.65 Å². The molecule has 1 N–H and O–H groups in total. The van der Waals surface area contributed by atoms with E-state index in [9.17, 15) is 13.2 Å². The van der Waals surface area contributed by atoms with Crippen LogP contribution >= 0.6 is 0 Å². The zero-order valence-electron chi connectivity index (χ0n) is 14.0. The van der Waals surface area contributed by atoms with Gasteiger partial charge in [-0.3, -0.25) is 0 Å². The molecule has 8 nitrogen and oxygen atoms in total. The van der Waals surface area contributed by atoms with Crippen molar-refractivity contribution < 1.29 is 13.2 Å². The number of rotatable bonds is 4. The maximum absolute atomic E-state index is 13.0. The maximum Gasteiger partial charge on any atom is 0.453 e. The first-order chi connectivity index (χ1) is 12.9. The van der Waals surface area contributed by atoms with E-state index in [-0.39, 0.29) is 17.5 Å². The molecule has 0 aliphatic heterocycles. The molecule has 0 saturated heterocycles. The smallest absolute Gasteiger partial charge is 0.362 e. The van der Waals surface area contributed by atoms with E-state index in [4.69, 9.17) is 0 Å². The van der Waals surface area contributed by atoms with E-state index in [0.717, 1.165) is 11.3 Å². The van der Waals surface area contributed by atoms with Gasteiger partial charge >= 0.3 is 6.18 Å². The van der Waals surface area contributed by atoms with E-state index in [1.54, 1.807) is 17.1 Å². The molecule has 0 fully saturated rings. The molecule has 0 bridgehead atoms. The fourth-order valence-electron chi connectivity index (χ4n) is 2.61. The van der Waals surface area contributed by atoms with Crippen LogP contribution in [0.2, 0.25) is 0 Å². The number of hydrogen-bond donors (Lipinski definition) is 1. The summed E-state index contributed by atoms with van der Waals surface area (Å²) in [7, 11) is 0. The highest BCUT2D eigenvalue weighted by Gasteiger charge is 2.37. The van der Waals surface area contributed by atoms with Gasteiger partial charge in [-0.1, -0.05) is 12.1 Å². The molecular formula is C16H13F3N8. The fourth-order valence-corrected chi connectivity index (χ4v) is 2.61. The summed E-state index contributed by atoms with van der Waals surface area (Å²) in [4.78, 5) is 3.90. The molecule has 0 saturated carbocycles. The van der Waals surface area contributed by atoms with Gasteiger partial charge in [0.05, 0.1) is 5.69 Å². The number of halogens is 3. The molecule has 0 aliphatic rings. The van der Waals surface area contributed by atoms with Gasteiger partial charge in [-0.2, -0.15) is 22.8 Å². The summed E-state index contributed by atoms with van der Waals surface area (Å²) in [6, 6.07) is 10.3. The minimum Gasteiger partial charge on any atom is -0.362 e. The Morgan fingerprint density at radius 2 is 1.81 bits per heavy atom. The van der Waals surface area contributed by atoms with Crippen LogP contribution in [0.3, 0.4) is 0 Å². The van der Waals surface area contributed by atoms with Crippen molar-refractivity contribution >= 4 is 11.5 Å². The van der Waals surface area contributed by atoms with Crippen molar-refractivity contribution in [2.75, 3.05) is 5.32 Å². The number of nitrogens with one attached hydrogen (secondary N) is 1. The summed E-state index contributed by atoms with van der Waals surface area (Å²) in [6.07, 6.45) is -1.60. The van der Waals surface area contributed by atoms with Crippen LogP contribution in [-0.4, -0.2) is 34.6 Å². The number of alkyl halides is 3. The van der Waals surface area contributed by atoms with Crippen molar-refractivity contribution in [2.24, 2.45) is 0 Å². The molecule has 0 radical (unpaired) electrons. The van der Waals surface area contributed by atoms with E-state index < -0.39 is 12.0 Å². The number of fused-ring (bicyclic) bond motifs is 1. The third-order valence-electron chi connectivity index (χ3n) is 3.96. The molecule has 11 heteroatoms. The predicted molar refractivity (Wildman–Crippen MR) is 89.2 cm³/mol. The first-order valence-corrected chi connectivity index (χ1v) is 7.93. The highest BCUT2D eigenvalue weighted by atomic mass is 19.4. The second kappa shape index (κ2) is 6.34. The van der Waals surface area contributed by atoms with Gasteiger partial charge in [-0.25, -0.2) is 9.67 Å². The Kier molecular flexibility index (Phi) is 3.98. The van der Waals surface area contributed by atoms with E-state index >= 15 is 0 Å². The second-order valence-corrected chi connectivity index (χ2v) is 5.81. The molecule has 0 spiro atoms. The summed E-state index contributed by atoms with van der Waals surface area (Å²) in [6.45, 7) is 1.88. The van der Waals surface area contributed by atoms with Gasteiger partial charge in [0, 0.05) is 6.04 Å². The quantitative estimate of drug-likeness (QED) is 0.591. The van der Waals surface area contributed by atoms with Crippen molar-refractivity contribution in [3.63, 3.8) is 0 Å². The predicted octanol–water partition coefficient (Wildman–Crippen LogP) is 2.90. The second-order valence-electron chi connectivity index (χ2n) is 5.81. The molecule has 1 atom stereocenters. The minimum atomic E-state index is -4.63. The molecule has 4 rings (SSSR count). The van der Waals surface area contributed by atoms with Crippen LogP contribution in [0.25, 0.3) is 11.3 Å². The lowest BCUT2D eigenvalue weighted by molar-refractivity contribution is -0.146. The molecule has 4 aromatic rings. The maximum atomic E-state index is 13.0. The van der Waals surface area contributed by atoms with E-state index in [0.29, 0.717) is 4.52 Å².